The summed E-state index contributed by atoms with van der Waals surface area (Å²) in [6, 6.07) is 16.8. The van der Waals surface area contributed by atoms with Crippen LogP contribution in [0.3, 0.4) is 0 Å². The molecule has 158 valence electrons. The number of aliphatic hydroxyl groups is 1. The second-order valence-electron chi connectivity index (χ2n) is 7.14. The summed E-state index contributed by atoms with van der Waals surface area (Å²) in [4.78, 5) is 13.8. The largest absolute Gasteiger partial charge is 0.502 e. The van der Waals surface area contributed by atoms with Crippen molar-refractivity contribution in [2.45, 2.75) is 17.9 Å². The molecule has 0 radical (unpaired) electrons. The van der Waals surface area contributed by atoms with E-state index in [1.807, 2.05) is 6.92 Å². The van der Waals surface area contributed by atoms with E-state index in [2.05, 4.69) is 15.9 Å². The van der Waals surface area contributed by atoms with Gasteiger partial charge in [0.2, 0.25) is 9.84 Å². The standard InChI is InChI=1S/C23H17BrFNO4S/c1-14-2-12-19(13-3-14)31(29,30)22-20(15-4-8-17(25)9-5-15)26(23(28)21(22)27)18-10-6-16(24)7-11-18/h2-13,20,27H,1H3. The van der Waals surface area contributed by atoms with Crippen molar-refractivity contribution in [2.75, 3.05) is 4.90 Å². The van der Waals surface area contributed by atoms with Crippen molar-refractivity contribution in [3.8, 4) is 0 Å². The molecule has 3 aromatic carbocycles. The number of carbonyl (C=O) groups excluding carboxylic acids is 1. The first kappa shape index (κ1) is 21.3. The molecular weight excluding hydrogens is 485 g/mol. The van der Waals surface area contributed by atoms with Crippen LogP contribution in [0, 0.1) is 12.7 Å². The van der Waals surface area contributed by atoms with Crippen LogP contribution in [0.15, 0.2) is 92.8 Å². The molecule has 8 heteroatoms. The van der Waals surface area contributed by atoms with Gasteiger partial charge in [0.1, 0.15) is 16.8 Å². The number of benzene rings is 3. The van der Waals surface area contributed by atoms with Gasteiger partial charge in [-0.1, -0.05) is 45.8 Å². The van der Waals surface area contributed by atoms with Crippen molar-refractivity contribution in [1.29, 1.82) is 0 Å². The van der Waals surface area contributed by atoms with Gasteiger partial charge in [0, 0.05) is 10.2 Å². The summed E-state index contributed by atoms with van der Waals surface area (Å²) < 4.78 is 41.3. The minimum atomic E-state index is -4.23. The van der Waals surface area contributed by atoms with E-state index in [1.54, 1.807) is 36.4 Å². The number of carbonyl (C=O) groups is 1. The van der Waals surface area contributed by atoms with Crippen LogP contribution in [0.5, 0.6) is 0 Å². The highest BCUT2D eigenvalue weighted by Crippen LogP contribution is 2.44. The maximum atomic E-state index is 13.6. The lowest BCUT2D eigenvalue weighted by atomic mass is 10.1. The fraction of sp³-hybridized carbons (Fsp3) is 0.0870. The highest BCUT2D eigenvalue weighted by Gasteiger charge is 2.47. The molecule has 0 bridgehead atoms. The number of aliphatic hydroxyl groups excluding tert-OH is 1. The average molecular weight is 502 g/mol. The van der Waals surface area contributed by atoms with Gasteiger partial charge >= 0.3 is 0 Å². The van der Waals surface area contributed by atoms with Crippen LogP contribution in [-0.4, -0.2) is 19.4 Å². The Labute approximate surface area is 187 Å². The Morgan fingerprint density at radius 1 is 0.935 bits per heavy atom. The smallest absolute Gasteiger partial charge is 0.295 e. The molecule has 0 spiro atoms. The molecule has 31 heavy (non-hydrogen) atoms. The predicted molar refractivity (Wildman–Crippen MR) is 119 cm³/mol. The van der Waals surface area contributed by atoms with E-state index >= 15 is 0 Å². The lowest BCUT2D eigenvalue weighted by molar-refractivity contribution is -0.117. The summed E-state index contributed by atoms with van der Waals surface area (Å²) in [7, 11) is -4.23. The van der Waals surface area contributed by atoms with Gasteiger partial charge in [-0.25, -0.2) is 12.8 Å². The van der Waals surface area contributed by atoms with Crippen LogP contribution in [0.1, 0.15) is 17.2 Å². The molecule has 0 saturated heterocycles. The van der Waals surface area contributed by atoms with Gasteiger partial charge in [0.05, 0.1) is 4.90 Å². The van der Waals surface area contributed by atoms with Gasteiger partial charge in [-0.3, -0.25) is 9.69 Å². The number of aryl methyl sites for hydroxylation is 1. The van der Waals surface area contributed by atoms with Crippen molar-refractivity contribution in [3.05, 3.63) is 105 Å². The molecule has 0 saturated carbocycles. The van der Waals surface area contributed by atoms with E-state index in [0.29, 0.717) is 11.3 Å². The predicted octanol–water partition coefficient (Wildman–Crippen LogP) is 5.23. The number of nitrogens with zero attached hydrogens (tertiary/aromatic N) is 1. The maximum absolute atomic E-state index is 13.6. The van der Waals surface area contributed by atoms with Gasteiger partial charge in [-0.2, -0.15) is 0 Å². The van der Waals surface area contributed by atoms with Crippen LogP contribution in [-0.2, 0) is 14.6 Å². The van der Waals surface area contributed by atoms with E-state index in [-0.39, 0.29) is 4.90 Å². The molecule has 5 nitrogen and oxygen atoms in total. The Hall–Kier alpha value is -2.97. The molecule has 1 aliphatic rings. The van der Waals surface area contributed by atoms with Gasteiger partial charge < -0.3 is 5.11 Å². The molecule has 0 aliphatic carbocycles. The lowest BCUT2D eigenvalue weighted by Gasteiger charge is -2.27. The molecule has 4 rings (SSSR count). The fourth-order valence-corrected chi connectivity index (χ4v) is 5.41. The Morgan fingerprint density at radius 2 is 1.52 bits per heavy atom. The van der Waals surface area contributed by atoms with Crippen LogP contribution in [0.2, 0.25) is 0 Å². The molecule has 1 N–H and O–H groups in total. The normalized spacial score (nSPS) is 16.8. The molecule has 0 aromatic heterocycles. The second-order valence-corrected chi connectivity index (χ2v) is 9.97. The first-order chi connectivity index (χ1) is 14.7. The van der Waals surface area contributed by atoms with E-state index in [1.165, 1.54) is 41.3 Å². The fourth-order valence-electron chi connectivity index (χ4n) is 3.52. The van der Waals surface area contributed by atoms with E-state index < -0.39 is 38.3 Å². The molecule has 0 fully saturated rings. The number of halogens is 2. The quantitative estimate of drug-likeness (QED) is 0.531. The number of anilines is 1. The summed E-state index contributed by atoms with van der Waals surface area (Å²) in [5.41, 5.74) is 1.61. The van der Waals surface area contributed by atoms with Crippen molar-refractivity contribution in [3.63, 3.8) is 0 Å². The van der Waals surface area contributed by atoms with Crippen LogP contribution in [0.4, 0.5) is 10.1 Å². The van der Waals surface area contributed by atoms with Gasteiger partial charge in [-0.05, 0) is 61.0 Å². The summed E-state index contributed by atoms with van der Waals surface area (Å²) >= 11 is 3.33. The first-order valence-corrected chi connectivity index (χ1v) is 11.6. The summed E-state index contributed by atoms with van der Waals surface area (Å²) in [6.07, 6.45) is 0. The zero-order valence-corrected chi connectivity index (χ0v) is 18.7. The number of hydrogen-bond acceptors (Lipinski definition) is 4. The minimum Gasteiger partial charge on any atom is -0.502 e. The Kier molecular flexibility index (Phi) is 5.45. The summed E-state index contributed by atoms with van der Waals surface area (Å²) in [6.45, 7) is 1.82. The third-order valence-corrected chi connectivity index (χ3v) is 7.49. The van der Waals surface area contributed by atoms with E-state index in [4.69, 9.17) is 0 Å². The van der Waals surface area contributed by atoms with Gasteiger partial charge in [-0.15, -0.1) is 0 Å². The number of rotatable bonds is 4. The van der Waals surface area contributed by atoms with Crippen LogP contribution in [0.25, 0.3) is 0 Å². The zero-order chi connectivity index (χ0) is 22.3. The molecule has 3 aromatic rings. The second kappa shape index (κ2) is 7.94. The molecular formula is C23H17BrFNO4S. The molecule has 1 atom stereocenters. The third-order valence-electron chi connectivity index (χ3n) is 5.07. The number of hydrogen-bond donors (Lipinski definition) is 1. The number of sulfone groups is 1. The van der Waals surface area contributed by atoms with Crippen LogP contribution < -0.4 is 4.90 Å². The monoisotopic (exact) mass is 501 g/mol. The van der Waals surface area contributed by atoms with Crippen molar-refractivity contribution >= 4 is 37.4 Å². The number of amides is 1. The zero-order valence-electron chi connectivity index (χ0n) is 16.3. The van der Waals surface area contributed by atoms with Crippen molar-refractivity contribution < 1.29 is 22.7 Å². The average Bonchev–Trinajstić information content (AvgIpc) is 3.01. The Morgan fingerprint density at radius 3 is 2.10 bits per heavy atom. The highest BCUT2D eigenvalue weighted by molar-refractivity contribution is 9.10. The highest BCUT2D eigenvalue weighted by atomic mass is 79.9. The molecule has 1 unspecified atom stereocenters. The van der Waals surface area contributed by atoms with E-state index in [0.717, 1.165) is 10.0 Å². The van der Waals surface area contributed by atoms with Gasteiger partial charge in [0.15, 0.2) is 5.76 Å². The molecule has 1 heterocycles. The molecule has 1 amide bonds. The van der Waals surface area contributed by atoms with Crippen molar-refractivity contribution in [2.24, 2.45) is 0 Å². The van der Waals surface area contributed by atoms with E-state index in [9.17, 15) is 22.7 Å². The Bertz CT molecular complexity index is 1280. The maximum Gasteiger partial charge on any atom is 0.295 e. The first-order valence-electron chi connectivity index (χ1n) is 9.29. The third kappa shape index (κ3) is 3.77. The Balaban J connectivity index is 1.93. The van der Waals surface area contributed by atoms with Gasteiger partial charge in [0.25, 0.3) is 5.91 Å². The minimum absolute atomic E-state index is 0.0442. The summed E-state index contributed by atoms with van der Waals surface area (Å²) in [5, 5.41) is 10.7. The summed E-state index contributed by atoms with van der Waals surface area (Å²) in [5.74, 6) is -2.19. The SMILES string of the molecule is Cc1ccc(S(=O)(=O)C2=C(O)C(=O)N(c3ccc(Br)cc3)C2c2ccc(F)cc2)cc1. The lowest BCUT2D eigenvalue weighted by Crippen LogP contribution is -2.31. The molecule has 1 aliphatic heterocycles. The topological polar surface area (TPSA) is 74.7 Å². The van der Waals surface area contributed by atoms with Crippen molar-refractivity contribution in [1.82, 2.24) is 0 Å². The van der Waals surface area contributed by atoms with Crippen LogP contribution >= 0.6 is 15.9 Å².